The highest BCUT2D eigenvalue weighted by molar-refractivity contribution is 5.73. The molecule has 0 unspecified atom stereocenters. The molecule has 0 aromatic heterocycles. The Morgan fingerprint density at radius 2 is 0.761 bits per heavy atom. The van der Waals surface area contributed by atoms with E-state index < -0.39 is 29.4 Å². The van der Waals surface area contributed by atoms with Gasteiger partial charge in [-0.15, -0.1) is 0 Å². The topological polar surface area (TPSA) is 27.7 Å². The molecular formula is C79H96F6O3. The Bertz CT molecular complexity index is 3260. The molecule has 0 spiro atoms. The fourth-order valence-electron chi connectivity index (χ4n) is 13.6. The third-order valence-corrected chi connectivity index (χ3v) is 19.4. The number of aryl methyl sites for hydroxylation is 8. The maximum atomic E-state index is 15.8. The van der Waals surface area contributed by atoms with Gasteiger partial charge in [0.05, 0.1) is 18.8 Å². The molecule has 10 rings (SSSR count). The van der Waals surface area contributed by atoms with Crippen LogP contribution in [0.1, 0.15) is 181 Å². The molecule has 3 aliphatic rings. The third kappa shape index (κ3) is 17.1. The molecule has 0 amide bonds. The minimum absolute atomic E-state index is 0.00998. The van der Waals surface area contributed by atoms with Gasteiger partial charge >= 0.3 is 6.11 Å². The van der Waals surface area contributed by atoms with Crippen molar-refractivity contribution in [2.24, 2.45) is 35.5 Å². The molecule has 7 aromatic rings. The fraction of sp³-hybridized carbons (Fsp3) is 0.468. The molecule has 472 valence electrons. The van der Waals surface area contributed by atoms with Gasteiger partial charge in [0, 0.05) is 11.1 Å². The van der Waals surface area contributed by atoms with Gasteiger partial charge in [0.2, 0.25) is 11.6 Å². The van der Waals surface area contributed by atoms with Gasteiger partial charge < -0.3 is 14.2 Å². The average Bonchev–Trinajstić information content (AvgIpc) is 0.994. The van der Waals surface area contributed by atoms with E-state index in [0.717, 1.165) is 102 Å². The molecule has 0 N–H and O–H groups in total. The average molecular weight is 1210 g/mol. The summed E-state index contributed by atoms with van der Waals surface area (Å²) < 4.78 is 107. The molecule has 0 saturated heterocycles. The first-order valence-corrected chi connectivity index (χ1v) is 33.0. The van der Waals surface area contributed by atoms with Crippen LogP contribution in [0, 0.1) is 86.5 Å². The number of benzene rings is 7. The van der Waals surface area contributed by atoms with E-state index in [4.69, 9.17) is 14.2 Å². The van der Waals surface area contributed by atoms with Crippen LogP contribution in [0.3, 0.4) is 0 Å². The number of hydrogen-bond donors (Lipinski definition) is 0. The first-order valence-electron chi connectivity index (χ1n) is 33.0. The molecule has 0 bridgehead atoms. The number of rotatable bonds is 18. The molecule has 0 radical (unpaired) electrons. The number of halogens is 6. The fourth-order valence-corrected chi connectivity index (χ4v) is 13.6. The standard InChI is InChI=1S/C31H38F2O.C28H42F2O2.C20H16F2/c1-8-22-18-28(19-23(9-2)21(22)7)34-31(32,33)30-25(11-4)16-27(17-26(30)12-5)29-14-13-20(6)15-24(29)10-3;1-19-3-7-21(8-4-19)17-31-25-15-16-26(28(30)27(25)29)32-18-22-9-13-24(14-10-22)23-11-5-20(2)6-12-23;1-13-3-7-15(8-4-13)17-11-12-18(20(22)19(17)21)16-9-5-14(2)6-10-16/h13-19H,8-12H2,1-7H3;15-16,19-24H,3-14,17-18H2,1-2H3;3-12H,1-2H3. The highest BCUT2D eigenvalue weighted by atomic mass is 19.3. The highest BCUT2D eigenvalue weighted by Crippen LogP contribution is 2.44. The van der Waals surface area contributed by atoms with Gasteiger partial charge in [-0.2, -0.15) is 17.6 Å². The molecule has 9 heteroatoms. The predicted molar refractivity (Wildman–Crippen MR) is 351 cm³/mol. The van der Waals surface area contributed by atoms with Gasteiger partial charge in [-0.05, 0) is 227 Å². The summed E-state index contributed by atoms with van der Waals surface area (Å²) >= 11 is 0. The van der Waals surface area contributed by atoms with Crippen molar-refractivity contribution in [2.45, 2.75) is 191 Å². The lowest BCUT2D eigenvalue weighted by atomic mass is 9.69. The van der Waals surface area contributed by atoms with Crippen LogP contribution < -0.4 is 14.2 Å². The Morgan fingerprint density at radius 3 is 1.18 bits per heavy atom. The van der Waals surface area contributed by atoms with Crippen LogP contribution in [0.5, 0.6) is 17.2 Å². The van der Waals surface area contributed by atoms with Crippen LogP contribution in [0.15, 0.2) is 115 Å². The summed E-state index contributed by atoms with van der Waals surface area (Å²) in [6, 6.07) is 34.9. The summed E-state index contributed by atoms with van der Waals surface area (Å²) in [6.07, 6.45) is 15.0. The Morgan fingerprint density at radius 1 is 0.386 bits per heavy atom. The van der Waals surface area contributed by atoms with Crippen LogP contribution in [-0.4, -0.2) is 13.2 Å². The molecule has 0 aliphatic heterocycles. The monoisotopic (exact) mass is 1210 g/mol. The Hall–Kier alpha value is -6.48. The van der Waals surface area contributed by atoms with Crippen LogP contribution in [-0.2, 0) is 38.2 Å². The van der Waals surface area contributed by atoms with Crippen molar-refractivity contribution in [1.82, 2.24) is 0 Å². The minimum Gasteiger partial charge on any atom is -0.490 e. The number of ether oxygens (including phenoxy) is 3. The van der Waals surface area contributed by atoms with Gasteiger partial charge in [0.15, 0.2) is 23.1 Å². The summed E-state index contributed by atoms with van der Waals surface area (Å²) in [5.74, 6) is 1.15. The molecule has 0 atom stereocenters. The van der Waals surface area contributed by atoms with Crippen LogP contribution >= 0.6 is 0 Å². The van der Waals surface area contributed by atoms with Crippen molar-refractivity contribution in [2.75, 3.05) is 13.2 Å². The minimum atomic E-state index is -3.42. The lowest BCUT2D eigenvalue weighted by molar-refractivity contribution is -0.186. The molecule has 3 fully saturated rings. The number of alkyl halides is 2. The largest absolute Gasteiger partial charge is 0.490 e. The van der Waals surface area contributed by atoms with Gasteiger partial charge in [-0.3, -0.25) is 0 Å². The summed E-state index contributed by atoms with van der Waals surface area (Å²) in [5, 5.41) is 0. The quantitative estimate of drug-likeness (QED) is 0.0802. The second-order valence-corrected chi connectivity index (χ2v) is 25.8. The van der Waals surface area contributed by atoms with E-state index in [1.54, 1.807) is 48.5 Å². The van der Waals surface area contributed by atoms with Crippen LogP contribution in [0.2, 0.25) is 0 Å². The summed E-state index contributed by atoms with van der Waals surface area (Å²) in [5.41, 5.74) is 13.2. The summed E-state index contributed by atoms with van der Waals surface area (Å²) in [4.78, 5) is 0. The SMILES string of the molecule is CC1CCC(COc2ccc(OCC3CCC(C4CCC(C)CC4)CC3)c(F)c2F)CC1.CCc1cc(C)ccc1-c1cc(CC)c(C(F)(F)Oc2cc(CC)c(C)c(CC)c2)c(CC)c1.Cc1ccc(-c2ccc(-c3ccc(C)cc3)c(F)c2F)cc1. The van der Waals surface area contributed by atoms with Crippen molar-refractivity contribution >= 4 is 0 Å². The number of hydrogen-bond acceptors (Lipinski definition) is 3. The Kier molecular flexibility index (Phi) is 24.0. The van der Waals surface area contributed by atoms with E-state index >= 15 is 8.78 Å². The zero-order valence-corrected chi connectivity index (χ0v) is 54.4. The Balaban J connectivity index is 0.000000175. The van der Waals surface area contributed by atoms with E-state index in [2.05, 4.69) is 52.8 Å². The normalized spacial score (nSPS) is 19.4. The van der Waals surface area contributed by atoms with E-state index in [1.165, 1.54) is 80.2 Å². The molecular weight excluding hydrogens is 1110 g/mol. The highest BCUT2D eigenvalue weighted by Gasteiger charge is 2.40. The molecule has 3 nitrogen and oxygen atoms in total. The van der Waals surface area contributed by atoms with Crippen LogP contribution in [0.4, 0.5) is 26.3 Å². The van der Waals surface area contributed by atoms with E-state index in [0.29, 0.717) is 60.1 Å². The van der Waals surface area contributed by atoms with E-state index in [1.807, 2.05) is 77.9 Å². The van der Waals surface area contributed by atoms with Gasteiger partial charge in [-0.1, -0.05) is 182 Å². The van der Waals surface area contributed by atoms with Crippen LogP contribution in [0.25, 0.3) is 33.4 Å². The van der Waals surface area contributed by atoms with Crippen molar-refractivity contribution in [3.8, 4) is 50.6 Å². The smallest absolute Gasteiger partial charge is 0.427 e. The predicted octanol–water partition coefficient (Wildman–Crippen LogP) is 23.0. The van der Waals surface area contributed by atoms with E-state index in [-0.39, 0.29) is 33.9 Å². The third-order valence-electron chi connectivity index (χ3n) is 19.4. The first kappa shape index (κ1) is 67.5. The molecule has 3 saturated carbocycles. The maximum Gasteiger partial charge on any atom is 0.427 e. The zero-order chi connectivity index (χ0) is 63.2. The maximum absolute atomic E-state index is 15.8. The lowest BCUT2D eigenvalue weighted by Gasteiger charge is -2.37. The second kappa shape index (κ2) is 31.3. The second-order valence-electron chi connectivity index (χ2n) is 25.8. The first-order chi connectivity index (χ1) is 42.2. The molecule has 0 heterocycles. The van der Waals surface area contributed by atoms with Gasteiger partial charge in [0.1, 0.15) is 5.75 Å². The van der Waals surface area contributed by atoms with Gasteiger partial charge in [-0.25, -0.2) is 8.78 Å². The molecule has 7 aromatic carbocycles. The molecule has 3 aliphatic carbocycles. The van der Waals surface area contributed by atoms with E-state index in [9.17, 15) is 17.6 Å². The van der Waals surface area contributed by atoms with Crippen molar-refractivity contribution in [3.05, 3.63) is 194 Å². The summed E-state index contributed by atoms with van der Waals surface area (Å²) in [7, 11) is 0. The lowest BCUT2D eigenvalue weighted by Crippen LogP contribution is -2.27. The van der Waals surface area contributed by atoms with Crippen molar-refractivity contribution in [1.29, 1.82) is 0 Å². The zero-order valence-electron chi connectivity index (χ0n) is 54.4. The molecule has 88 heavy (non-hydrogen) atoms. The van der Waals surface area contributed by atoms with Crippen molar-refractivity contribution in [3.63, 3.8) is 0 Å². The van der Waals surface area contributed by atoms with Gasteiger partial charge in [0.25, 0.3) is 0 Å². The van der Waals surface area contributed by atoms with Crippen molar-refractivity contribution < 1.29 is 40.6 Å². The Labute approximate surface area is 523 Å². The summed E-state index contributed by atoms with van der Waals surface area (Å²) in [6.45, 7) is 23.7.